The molecule has 0 bridgehead atoms. The van der Waals surface area contributed by atoms with Crippen LogP contribution in [-0.4, -0.2) is 25.2 Å². The zero-order valence-electron chi connectivity index (χ0n) is 11.5. The number of aryl methyl sites for hydroxylation is 1. The van der Waals surface area contributed by atoms with E-state index in [0.29, 0.717) is 24.3 Å². The van der Waals surface area contributed by atoms with E-state index in [1.807, 2.05) is 13.8 Å². The fourth-order valence-electron chi connectivity index (χ4n) is 2.15. The van der Waals surface area contributed by atoms with Gasteiger partial charge in [-0.3, -0.25) is 13.9 Å². The summed E-state index contributed by atoms with van der Waals surface area (Å²) in [6.07, 6.45) is 2.38. The van der Waals surface area contributed by atoms with Crippen LogP contribution in [0, 0.1) is 0 Å². The first-order valence-electron chi connectivity index (χ1n) is 6.39. The number of imidazole rings is 1. The van der Waals surface area contributed by atoms with E-state index in [1.54, 1.807) is 10.9 Å². The molecule has 2 aromatic heterocycles. The van der Waals surface area contributed by atoms with Gasteiger partial charge in [-0.1, -0.05) is 6.92 Å². The first kappa shape index (κ1) is 13.5. The average molecular weight is 265 g/mol. The lowest BCUT2D eigenvalue weighted by Gasteiger charge is -2.12. The van der Waals surface area contributed by atoms with E-state index in [-0.39, 0.29) is 17.3 Å². The molecule has 0 radical (unpaired) electrons. The minimum absolute atomic E-state index is 0.0368. The largest absolute Gasteiger partial charge is 0.332 e. The van der Waals surface area contributed by atoms with Gasteiger partial charge < -0.3 is 10.3 Å². The standard InChI is InChI=1S/C12H19N5O2/c1-4-5-16-10-9(11(18)15(3)12(16)19)17(7-14-10)8(2)6-13/h7-8H,4-6,13H2,1-3H3. The van der Waals surface area contributed by atoms with Crippen LogP contribution in [0.5, 0.6) is 0 Å². The molecule has 0 aliphatic carbocycles. The summed E-state index contributed by atoms with van der Waals surface area (Å²) >= 11 is 0. The van der Waals surface area contributed by atoms with E-state index in [9.17, 15) is 9.59 Å². The Hall–Kier alpha value is -1.89. The van der Waals surface area contributed by atoms with Gasteiger partial charge in [0.2, 0.25) is 0 Å². The molecule has 1 unspecified atom stereocenters. The molecule has 0 amide bonds. The second-order valence-electron chi connectivity index (χ2n) is 4.71. The van der Waals surface area contributed by atoms with Crippen molar-refractivity contribution in [2.45, 2.75) is 32.9 Å². The zero-order chi connectivity index (χ0) is 14.2. The SMILES string of the molecule is CCCn1c(=O)n(C)c(=O)c2c1ncn2C(C)CN. The van der Waals surface area contributed by atoms with E-state index >= 15 is 0 Å². The molecule has 2 rings (SSSR count). The van der Waals surface area contributed by atoms with Crippen molar-refractivity contribution in [3.8, 4) is 0 Å². The van der Waals surface area contributed by atoms with E-state index in [2.05, 4.69) is 4.98 Å². The van der Waals surface area contributed by atoms with Crippen molar-refractivity contribution < 1.29 is 0 Å². The summed E-state index contributed by atoms with van der Waals surface area (Å²) in [5.41, 5.74) is 5.86. The molecule has 0 saturated heterocycles. The van der Waals surface area contributed by atoms with E-state index in [0.717, 1.165) is 11.0 Å². The number of nitrogens with zero attached hydrogens (tertiary/aromatic N) is 4. The molecule has 2 heterocycles. The van der Waals surface area contributed by atoms with Gasteiger partial charge in [0.1, 0.15) is 0 Å². The summed E-state index contributed by atoms with van der Waals surface area (Å²) in [7, 11) is 1.49. The molecule has 1 atom stereocenters. The third kappa shape index (κ3) is 1.99. The summed E-state index contributed by atoms with van der Waals surface area (Å²) in [6, 6.07) is -0.0368. The number of hydrogen-bond acceptors (Lipinski definition) is 4. The number of fused-ring (bicyclic) bond motifs is 1. The molecule has 0 spiro atoms. The quantitative estimate of drug-likeness (QED) is 0.831. The van der Waals surface area contributed by atoms with Gasteiger partial charge in [-0.05, 0) is 13.3 Å². The Balaban J connectivity index is 2.88. The van der Waals surface area contributed by atoms with Gasteiger partial charge in [0.25, 0.3) is 5.56 Å². The molecule has 7 nitrogen and oxygen atoms in total. The van der Waals surface area contributed by atoms with Gasteiger partial charge in [0, 0.05) is 26.2 Å². The lowest BCUT2D eigenvalue weighted by Crippen LogP contribution is -2.39. The summed E-state index contributed by atoms with van der Waals surface area (Å²) in [4.78, 5) is 28.6. The van der Waals surface area contributed by atoms with Crippen molar-refractivity contribution in [1.29, 1.82) is 0 Å². The molecule has 0 saturated carbocycles. The molecule has 7 heteroatoms. The lowest BCUT2D eigenvalue weighted by molar-refractivity contribution is 0.565. The van der Waals surface area contributed by atoms with Gasteiger partial charge in [-0.25, -0.2) is 9.78 Å². The van der Waals surface area contributed by atoms with Gasteiger partial charge in [-0.2, -0.15) is 0 Å². The van der Waals surface area contributed by atoms with Gasteiger partial charge in [-0.15, -0.1) is 0 Å². The van der Waals surface area contributed by atoms with E-state index < -0.39 is 0 Å². The van der Waals surface area contributed by atoms with E-state index in [4.69, 9.17) is 5.73 Å². The Morgan fingerprint density at radius 3 is 2.68 bits per heavy atom. The molecular weight excluding hydrogens is 246 g/mol. The highest BCUT2D eigenvalue weighted by atomic mass is 16.2. The average Bonchev–Trinajstić information content (AvgIpc) is 2.85. The lowest BCUT2D eigenvalue weighted by atomic mass is 10.3. The minimum atomic E-state index is -0.329. The predicted octanol–water partition coefficient (Wildman–Crippen LogP) is -0.174. The molecule has 2 N–H and O–H groups in total. The maximum absolute atomic E-state index is 12.3. The Morgan fingerprint density at radius 1 is 1.42 bits per heavy atom. The molecule has 0 aliphatic heterocycles. The maximum atomic E-state index is 12.3. The van der Waals surface area contributed by atoms with Crippen LogP contribution in [0.2, 0.25) is 0 Å². The second-order valence-corrected chi connectivity index (χ2v) is 4.71. The Morgan fingerprint density at radius 2 is 2.11 bits per heavy atom. The van der Waals surface area contributed by atoms with Crippen LogP contribution in [0.1, 0.15) is 26.3 Å². The highest BCUT2D eigenvalue weighted by Gasteiger charge is 2.17. The van der Waals surface area contributed by atoms with Crippen LogP contribution >= 0.6 is 0 Å². The molecule has 0 aromatic carbocycles. The zero-order valence-corrected chi connectivity index (χ0v) is 11.5. The fraction of sp³-hybridized carbons (Fsp3) is 0.583. The van der Waals surface area contributed by atoms with Gasteiger partial charge >= 0.3 is 5.69 Å². The van der Waals surface area contributed by atoms with Gasteiger partial charge in [0.05, 0.1) is 6.33 Å². The first-order valence-corrected chi connectivity index (χ1v) is 6.39. The normalized spacial score (nSPS) is 13.1. The van der Waals surface area contributed by atoms with Crippen molar-refractivity contribution in [2.75, 3.05) is 6.54 Å². The smallest absolute Gasteiger partial charge is 0.328 e. The summed E-state index contributed by atoms with van der Waals surface area (Å²) in [6.45, 7) is 4.83. The van der Waals surface area contributed by atoms with Gasteiger partial charge in [0.15, 0.2) is 11.2 Å². The highest BCUT2D eigenvalue weighted by Crippen LogP contribution is 2.12. The summed E-state index contributed by atoms with van der Waals surface area (Å²) in [5.74, 6) is 0. The van der Waals surface area contributed by atoms with Crippen LogP contribution in [0.15, 0.2) is 15.9 Å². The molecular formula is C12H19N5O2. The first-order chi connectivity index (χ1) is 9.02. The Kier molecular flexibility index (Phi) is 3.57. The topological polar surface area (TPSA) is 87.8 Å². The molecule has 2 aromatic rings. The van der Waals surface area contributed by atoms with Crippen LogP contribution < -0.4 is 17.0 Å². The summed E-state index contributed by atoms with van der Waals surface area (Å²) in [5, 5.41) is 0. The number of aromatic nitrogens is 4. The Bertz CT molecular complexity index is 709. The molecule has 0 fully saturated rings. The van der Waals surface area contributed by atoms with Crippen LogP contribution in [0.4, 0.5) is 0 Å². The highest BCUT2D eigenvalue weighted by molar-refractivity contribution is 5.70. The van der Waals surface area contributed by atoms with Crippen molar-refractivity contribution in [1.82, 2.24) is 18.7 Å². The fourth-order valence-corrected chi connectivity index (χ4v) is 2.15. The number of hydrogen-bond donors (Lipinski definition) is 1. The molecule has 104 valence electrons. The minimum Gasteiger partial charge on any atom is -0.328 e. The van der Waals surface area contributed by atoms with Crippen LogP contribution in [-0.2, 0) is 13.6 Å². The summed E-state index contributed by atoms with van der Waals surface area (Å²) < 4.78 is 4.40. The number of rotatable bonds is 4. The van der Waals surface area contributed by atoms with Crippen molar-refractivity contribution in [3.63, 3.8) is 0 Å². The molecule has 19 heavy (non-hydrogen) atoms. The predicted molar refractivity (Wildman–Crippen MR) is 73.3 cm³/mol. The third-order valence-corrected chi connectivity index (χ3v) is 3.32. The number of nitrogens with two attached hydrogens (primary N) is 1. The van der Waals surface area contributed by atoms with Crippen molar-refractivity contribution in [2.24, 2.45) is 12.8 Å². The van der Waals surface area contributed by atoms with E-state index in [1.165, 1.54) is 11.6 Å². The maximum Gasteiger partial charge on any atom is 0.332 e. The van der Waals surface area contributed by atoms with Crippen LogP contribution in [0.25, 0.3) is 11.2 Å². The second kappa shape index (κ2) is 5.00. The molecule has 0 aliphatic rings. The van der Waals surface area contributed by atoms with Crippen molar-refractivity contribution in [3.05, 3.63) is 27.2 Å². The monoisotopic (exact) mass is 265 g/mol. The Labute approximate surface area is 110 Å². The van der Waals surface area contributed by atoms with Crippen molar-refractivity contribution >= 4 is 11.2 Å². The van der Waals surface area contributed by atoms with Crippen LogP contribution in [0.3, 0.4) is 0 Å². The third-order valence-electron chi connectivity index (χ3n) is 3.32.